The van der Waals surface area contributed by atoms with E-state index in [1.807, 2.05) is 36.0 Å². The van der Waals surface area contributed by atoms with Gasteiger partial charge in [-0.25, -0.2) is 4.98 Å². The molecule has 1 aromatic heterocycles. The first-order valence-electron chi connectivity index (χ1n) is 4.79. The Bertz CT molecular complexity index is 496. The molecule has 0 atom stereocenters. The van der Waals surface area contributed by atoms with Crippen LogP contribution in [0, 0.1) is 0 Å². The molecule has 84 valence electrons. The van der Waals surface area contributed by atoms with Gasteiger partial charge in [-0.1, -0.05) is 11.8 Å². The molecule has 5 heteroatoms. The molecule has 4 nitrogen and oxygen atoms in total. The second kappa shape index (κ2) is 4.49. The summed E-state index contributed by atoms with van der Waals surface area (Å²) in [5, 5.41) is 0.937. The minimum Gasteiger partial charge on any atom is -0.495 e. The van der Waals surface area contributed by atoms with Gasteiger partial charge in [0.2, 0.25) is 0 Å². The summed E-state index contributed by atoms with van der Waals surface area (Å²) in [7, 11) is 3.57. The average molecular weight is 235 g/mol. The first kappa shape index (κ1) is 10.9. The zero-order valence-corrected chi connectivity index (χ0v) is 9.99. The smallest absolute Gasteiger partial charge is 0.172 e. The molecule has 0 saturated carbocycles. The molecule has 0 unspecified atom stereocenters. The van der Waals surface area contributed by atoms with Crippen LogP contribution >= 0.6 is 11.8 Å². The normalized spacial score (nSPS) is 10.4. The zero-order chi connectivity index (χ0) is 11.5. The molecule has 0 radical (unpaired) electrons. The van der Waals surface area contributed by atoms with Crippen molar-refractivity contribution in [2.75, 3.05) is 12.8 Å². The van der Waals surface area contributed by atoms with E-state index in [0.717, 1.165) is 10.1 Å². The SMILES string of the molecule is COc1cc(Sc2nccn2C)ccc1N. The van der Waals surface area contributed by atoms with Gasteiger partial charge in [0.1, 0.15) is 5.75 Å². The number of anilines is 1. The van der Waals surface area contributed by atoms with E-state index in [2.05, 4.69) is 4.98 Å². The van der Waals surface area contributed by atoms with Crippen LogP contribution in [0.5, 0.6) is 5.75 Å². The maximum Gasteiger partial charge on any atom is 0.172 e. The Labute approximate surface area is 98.4 Å². The van der Waals surface area contributed by atoms with Gasteiger partial charge in [0.15, 0.2) is 5.16 Å². The predicted molar refractivity (Wildman–Crippen MR) is 64.7 cm³/mol. The van der Waals surface area contributed by atoms with E-state index in [4.69, 9.17) is 10.5 Å². The molecule has 0 aliphatic carbocycles. The minimum absolute atomic E-state index is 0.645. The van der Waals surface area contributed by atoms with Gasteiger partial charge in [0.05, 0.1) is 12.8 Å². The number of hydrogen-bond donors (Lipinski definition) is 1. The standard InChI is InChI=1S/C11H13N3OS/c1-14-6-5-13-11(14)16-8-3-4-9(12)10(7-8)15-2/h3-7H,12H2,1-2H3. The molecule has 2 N–H and O–H groups in total. The number of nitrogen functional groups attached to an aromatic ring is 1. The maximum absolute atomic E-state index is 5.75. The van der Waals surface area contributed by atoms with Crippen LogP contribution in [0.15, 0.2) is 40.6 Å². The van der Waals surface area contributed by atoms with Crippen LogP contribution < -0.4 is 10.5 Å². The van der Waals surface area contributed by atoms with Gasteiger partial charge >= 0.3 is 0 Å². The molecular weight excluding hydrogens is 222 g/mol. The van der Waals surface area contributed by atoms with Gasteiger partial charge in [-0.3, -0.25) is 0 Å². The zero-order valence-electron chi connectivity index (χ0n) is 9.18. The van der Waals surface area contributed by atoms with E-state index in [0.29, 0.717) is 11.4 Å². The first-order chi connectivity index (χ1) is 7.70. The van der Waals surface area contributed by atoms with Crippen LogP contribution in [0.25, 0.3) is 0 Å². The summed E-state index contributed by atoms with van der Waals surface area (Å²) in [6, 6.07) is 5.70. The number of benzene rings is 1. The molecule has 2 rings (SSSR count). The van der Waals surface area contributed by atoms with Crippen LogP contribution in [0.4, 0.5) is 5.69 Å². The number of methoxy groups -OCH3 is 1. The predicted octanol–water partition coefficient (Wildman–Crippen LogP) is 2.16. The van der Waals surface area contributed by atoms with Crippen molar-refractivity contribution in [1.82, 2.24) is 9.55 Å². The number of aryl methyl sites for hydroxylation is 1. The molecule has 0 fully saturated rings. The summed E-state index contributed by atoms with van der Waals surface area (Å²) in [6.45, 7) is 0. The average Bonchev–Trinajstić information content (AvgIpc) is 2.67. The Kier molecular flexibility index (Phi) is 3.05. The largest absolute Gasteiger partial charge is 0.495 e. The van der Waals surface area contributed by atoms with E-state index in [1.165, 1.54) is 0 Å². The number of aromatic nitrogens is 2. The fraction of sp³-hybridized carbons (Fsp3) is 0.182. The highest BCUT2D eigenvalue weighted by Crippen LogP contribution is 2.31. The van der Waals surface area contributed by atoms with Crippen molar-refractivity contribution in [2.24, 2.45) is 7.05 Å². The third kappa shape index (κ3) is 2.14. The van der Waals surface area contributed by atoms with Gasteiger partial charge < -0.3 is 15.0 Å². The lowest BCUT2D eigenvalue weighted by molar-refractivity contribution is 0.416. The second-order valence-electron chi connectivity index (χ2n) is 3.33. The van der Waals surface area contributed by atoms with Gasteiger partial charge in [0.25, 0.3) is 0 Å². The number of rotatable bonds is 3. The van der Waals surface area contributed by atoms with E-state index >= 15 is 0 Å². The molecule has 1 heterocycles. The molecule has 0 amide bonds. The van der Waals surface area contributed by atoms with E-state index in [1.54, 1.807) is 25.1 Å². The van der Waals surface area contributed by atoms with Gasteiger partial charge in [-0.2, -0.15) is 0 Å². The maximum atomic E-state index is 5.75. The van der Waals surface area contributed by atoms with Crippen LogP contribution in [0.3, 0.4) is 0 Å². The van der Waals surface area contributed by atoms with Crippen LogP contribution in [0.2, 0.25) is 0 Å². The summed E-state index contributed by atoms with van der Waals surface area (Å²) in [5.74, 6) is 0.694. The molecule has 0 saturated heterocycles. The molecule has 0 aliphatic heterocycles. The molecule has 1 aromatic carbocycles. The number of ether oxygens (including phenoxy) is 1. The fourth-order valence-electron chi connectivity index (χ4n) is 1.31. The molecule has 16 heavy (non-hydrogen) atoms. The summed E-state index contributed by atoms with van der Waals surface area (Å²) in [5.41, 5.74) is 6.39. The molecule has 0 aliphatic rings. The molecule has 2 aromatic rings. The third-order valence-corrected chi connectivity index (χ3v) is 3.26. The summed E-state index contributed by atoms with van der Waals surface area (Å²) in [4.78, 5) is 5.30. The molecule has 0 spiro atoms. The Morgan fingerprint density at radius 2 is 2.25 bits per heavy atom. The van der Waals surface area contributed by atoms with E-state index in [-0.39, 0.29) is 0 Å². The van der Waals surface area contributed by atoms with Crippen molar-refractivity contribution in [3.05, 3.63) is 30.6 Å². The van der Waals surface area contributed by atoms with Crippen molar-refractivity contribution in [3.8, 4) is 5.75 Å². The van der Waals surface area contributed by atoms with Gasteiger partial charge in [-0.15, -0.1) is 0 Å². The lowest BCUT2D eigenvalue weighted by atomic mass is 10.3. The second-order valence-corrected chi connectivity index (χ2v) is 4.37. The quantitative estimate of drug-likeness (QED) is 0.828. The molecule has 0 bridgehead atoms. The number of hydrogen-bond acceptors (Lipinski definition) is 4. The van der Waals surface area contributed by atoms with Crippen molar-refractivity contribution in [3.63, 3.8) is 0 Å². The summed E-state index contributed by atoms with van der Waals surface area (Å²) < 4.78 is 7.14. The van der Waals surface area contributed by atoms with Crippen molar-refractivity contribution in [2.45, 2.75) is 10.1 Å². The third-order valence-electron chi connectivity index (χ3n) is 2.19. The van der Waals surface area contributed by atoms with E-state index < -0.39 is 0 Å². The number of nitrogens with zero attached hydrogens (tertiary/aromatic N) is 2. The Balaban J connectivity index is 2.25. The first-order valence-corrected chi connectivity index (χ1v) is 5.61. The highest BCUT2D eigenvalue weighted by molar-refractivity contribution is 7.99. The Morgan fingerprint density at radius 3 is 2.88 bits per heavy atom. The van der Waals surface area contributed by atoms with Crippen LogP contribution in [0.1, 0.15) is 0 Å². The summed E-state index contributed by atoms with van der Waals surface area (Å²) in [6.07, 6.45) is 3.69. The monoisotopic (exact) mass is 235 g/mol. The Morgan fingerprint density at radius 1 is 1.44 bits per heavy atom. The van der Waals surface area contributed by atoms with Crippen LogP contribution in [-0.4, -0.2) is 16.7 Å². The van der Waals surface area contributed by atoms with E-state index in [9.17, 15) is 0 Å². The number of imidazole rings is 1. The van der Waals surface area contributed by atoms with Gasteiger partial charge in [0, 0.05) is 24.3 Å². The van der Waals surface area contributed by atoms with Crippen molar-refractivity contribution < 1.29 is 4.74 Å². The lowest BCUT2D eigenvalue weighted by Gasteiger charge is -2.06. The fourth-order valence-corrected chi connectivity index (χ4v) is 2.14. The number of nitrogens with two attached hydrogens (primary N) is 1. The minimum atomic E-state index is 0.645. The highest BCUT2D eigenvalue weighted by atomic mass is 32.2. The van der Waals surface area contributed by atoms with Crippen molar-refractivity contribution in [1.29, 1.82) is 0 Å². The van der Waals surface area contributed by atoms with Gasteiger partial charge in [-0.05, 0) is 18.2 Å². The highest BCUT2D eigenvalue weighted by Gasteiger charge is 2.05. The Hall–Kier alpha value is -1.62. The topological polar surface area (TPSA) is 53.1 Å². The van der Waals surface area contributed by atoms with Crippen molar-refractivity contribution >= 4 is 17.4 Å². The lowest BCUT2D eigenvalue weighted by Crippen LogP contribution is -1.93. The van der Waals surface area contributed by atoms with Crippen LogP contribution in [-0.2, 0) is 7.05 Å². The molecular formula is C11H13N3OS. The summed E-state index contributed by atoms with van der Waals surface area (Å²) >= 11 is 1.58.